The Balaban J connectivity index is 2.59. The predicted octanol–water partition coefficient (Wildman–Crippen LogP) is 3.58. The minimum atomic E-state index is 0.352. The van der Waals surface area contributed by atoms with E-state index in [0.29, 0.717) is 26.9 Å². The van der Waals surface area contributed by atoms with Crippen molar-refractivity contribution < 1.29 is 9.47 Å². The van der Waals surface area contributed by atoms with Gasteiger partial charge in [0.1, 0.15) is 5.15 Å². The van der Waals surface area contributed by atoms with Gasteiger partial charge >= 0.3 is 0 Å². The molecule has 1 aromatic carbocycles. The first-order chi connectivity index (χ1) is 8.67. The summed E-state index contributed by atoms with van der Waals surface area (Å²) in [5, 5.41) is 0.352. The van der Waals surface area contributed by atoms with Crippen LogP contribution in [0, 0.1) is 0 Å². The summed E-state index contributed by atoms with van der Waals surface area (Å²) in [7, 11) is 3.15. The van der Waals surface area contributed by atoms with Crippen LogP contribution in [0.4, 0.5) is 0 Å². The van der Waals surface area contributed by atoms with Crippen molar-refractivity contribution in [3.05, 3.63) is 34.0 Å². The van der Waals surface area contributed by atoms with E-state index in [0.717, 1.165) is 5.56 Å². The van der Waals surface area contributed by atoms with Crippen molar-refractivity contribution in [2.24, 2.45) is 0 Å². The third kappa shape index (κ3) is 2.42. The quantitative estimate of drug-likeness (QED) is 0.807. The van der Waals surface area contributed by atoms with Crippen molar-refractivity contribution in [3.63, 3.8) is 0 Å². The monoisotopic (exact) mass is 328 g/mol. The molecule has 0 fully saturated rings. The molecule has 0 amide bonds. The Kier molecular flexibility index (Phi) is 4.04. The van der Waals surface area contributed by atoms with Gasteiger partial charge in [-0.2, -0.15) is 0 Å². The van der Waals surface area contributed by atoms with Crippen LogP contribution in [0.25, 0.3) is 11.4 Å². The summed E-state index contributed by atoms with van der Waals surface area (Å²) in [6.07, 6.45) is 1.60. The van der Waals surface area contributed by atoms with Crippen LogP contribution in [0.5, 0.6) is 11.5 Å². The zero-order valence-electron chi connectivity index (χ0n) is 9.78. The van der Waals surface area contributed by atoms with Crippen molar-refractivity contribution >= 4 is 27.5 Å². The number of nitrogens with zero attached hydrogens (tertiary/aromatic N) is 2. The van der Waals surface area contributed by atoms with E-state index in [1.165, 1.54) is 0 Å². The number of benzene rings is 1. The van der Waals surface area contributed by atoms with Crippen LogP contribution in [0.15, 0.2) is 28.9 Å². The van der Waals surface area contributed by atoms with E-state index in [9.17, 15) is 0 Å². The zero-order chi connectivity index (χ0) is 13.1. The van der Waals surface area contributed by atoms with Crippen molar-refractivity contribution in [3.8, 4) is 22.9 Å². The maximum Gasteiger partial charge on any atom is 0.171 e. The van der Waals surface area contributed by atoms with Crippen LogP contribution >= 0.6 is 27.5 Å². The summed E-state index contributed by atoms with van der Waals surface area (Å²) in [6, 6.07) is 5.50. The molecule has 0 atom stereocenters. The van der Waals surface area contributed by atoms with Gasteiger partial charge in [0.25, 0.3) is 0 Å². The fourth-order valence-corrected chi connectivity index (χ4v) is 1.86. The van der Waals surface area contributed by atoms with Gasteiger partial charge in [-0.05, 0) is 28.1 Å². The average molecular weight is 330 g/mol. The maximum absolute atomic E-state index is 5.96. The second-order valence-corrected chi connectivity index (χ2v) is 4.59. The number of halogens is 2. The minimum Gasteiger partial charge on any atom is -0.493 e. The number of hydrogen-bond acceptors (Lipinski definition) is 4. The summed E-state index contributed by atoms with van der Waals surface area (Å²) in [4.78, 5) is 8.41. The number of para-hydroxylation sites is 1. The molecule has 0 spiro atoms. The molecule has 0 bridgehead atoms. The van der Waals surface area contributed by atoms with E-state index < -0.39 is 0 Å². The van der Waals surface area contributed by atoms with Crippen LogP contribution < -0.4 is 9.47 Å². The number of rotatable bonds is 3. The van der Waals surface area contributed by atoms with Crippen molar-refractivity contribution in [1.29, 1.82) is 0 Å². The summed E-state index contributed by atoms with van der Waals surface area (Å²) in [5.41, 5.74) is 0.728. The van der Waals surface area contributed by atoms with E-state index in [-0.39, 0.29) is 0 Å². The number of methoxy groups -OCH3 is 2. The highest BCUT2D eigenvalue weighted by molar-refractivity contribution is 9.10. The summed E-state index contributed by atoms with van der Waals surface area (Å²) in [5.74, 6) is 1.69. The SMILES string of the molecule is COc1cccc(-c2ncc(Br)c(Cl)n2)c1OC. The first-order valence-corrected chi connectivity index (χ1v) is 6.24. The van der Waals surface area contributed by atoms with Gasteiger partial charge in [0.2, 0.25) is 0 Å². The molecule has 0 radical (unpaired) electrons. The molecule has 1 aromatic heterocycles. The lowest BCUT2D eigenvalue weighted by molar-refractivity contribution is 0.356. The molecule has 0 aliphatic carbocycles. The van der Waals surface area contributed by atoms with Gasteiger partial charge in [-0.3, -0.25) is 0 Å². The first-order valence-electron chi connectivity index (χ1n) is 5.06. The fraction of sp³-hybridized carbons (Fsp3) is 0.167. The molecular weight excluding hydrogens is 320 g/mol. The molecule has 0 unspecified atom stereocenters. The largest absolute Gasteiger partial charge is 0.493 e. The van der Waals surface area contributed by atoms with Gasteiger partial charge < -0.3 is 9.47 Å². The van der Waals surface area contributed by atoms with E-state index in [2.05, 4.69) is 25.9 Å². The highest BCUT2D eigenvalue weighted by atomic mass is 79.9. The van der Waals surface area contributed by atoms with Crippen molar-refractivity contribution in [2.45, 2.75) is 0 Å². The van der Waals surface area contributed by atoms with E-state index in [1.54, 1.807) is 20.4 Å². The molecule has 4 nitrogen and oxygen atoms in total. The molecule has 2 rings (SSSR count). The summed E-state index contributed by atoms with van der Waals surface area (Å²) >= 11 is 9.22. The molecule has 0 saturated heterocycles. The third-order valence-electron chi connectivity index (χ3n) is 2.35. The lowest BCUT2D eigenvalue weighted by Gasteiger charge is -2.11. The standard InChI is InChI=1S/C12H10BrClN2O2/c1-17-9-5-3-4-7(10(9)18-2)12-15-6-8(13)11(14)16-12/h3-6H,1-2H3. The smallest absolute Gasteiger partial charge is 0.171 e. The Morgan fingerprint density at radius 2 is 2.00 bits per heavy atom. The van der Waals surface area contributed by atoms with Gasteiger partial charge in [0.05, 0.1) is 24.3 Å². The lowest BCUT2D eigenvalue weighted by Crippen LogP contribution is -1.96. The summed E-state index contributed by atoms with van der Waals surface area (Å²) < 4.78 is 11.2. The molecule has 0 aliphatic rings. The molecular formula is C12H10BrClN2O2. The Bertz CT molecular complexity index is 578. The number of ether oxygens (including phenoxy) is 2. The molecule has 0 N–H and O–H groups in total. The molecule has 0 aliphatic heterocycles. The normalized spacial score (nSPS) is 10.2. The summed E-state index contributed by atoms with van der Waals surface area (Å²) in [6.45, 7) is 0. The molecule has 18 heavy (non-hydrogen) atoms. The highest BCUT2D eigenvalue weighted by Gasteiger charge is 2.14. The van der Waals surface area contributed by atoms with Crippen molar-refractivity contribution in [1.82, 2.24) is 9.97 Å². The van der Waals surface area contributed by atoms with Gasteiger partial charge in [-0.1, -0.05) is 17.7 Å². The molecule has 2 aromatic rings. The fourth-order valence-electron chi connectivity index (χ4n) is 1.54. The average Bonchev–Trinajstić information content (AvgIpc) is 2.40. The highest BCUT2D eigenvalue weighted by Crippen LogP contribution is 2.36. The second kappa shape index (κ2) is 5.54. The van der Waals surface area contributed by atoms with Gasteiger partial charge in [-0.15, -0.1) is 0 Å². The predicted molar refractivity (Wildman–Crippen MR) is 73.3 cm³/mol. The van der Waals surface area contributed by atoms with E-state index in [1.807, 2.05) is 18.2 Å². The Hall–Kier alpha value is -1.33. The Labute approximate surface area is 118 Å². The number of hydrogen-bond donors (Lipinski definition) is 0. The zero-order valence-corrected chi connectivity index (χ0v) is 12.1. The molecule has 0 saturated carbocycles. The van der Waals surface area contributed by atoms with Crippen LogP contribution in [0.2, 0.25) is 5.15 Å². The molecule has 94 valence electrons. The minimum absolute atomic E-state index is 0.352. The number of aromatic nitrogens is 2. The van der Waals surface area contributed by atoms with E-state index >= 15 is 0 Å². The van der Waals surface area contributed by atoms with Gasteiger partial charge in [-0.25, -0.2) is 9.97 Å². The van der Waals surface area contributed by atoms with Crippen LogP contribution in [-0.4, -0.2) is 24.2 Å². The molecule has 6 heteroatoms. The Morgan fingerprint density at radius 3 is 2.61 bits per heavy atom. The van der Waals surface area contributed by atoms with E-state index in [4.69, 9.17) is 21.1 Å². The van der Waals surface area contributed by atoms with Crippen LogP contribution in [-0.2, 0) is 0 Å². The first kappa shape index (κ1) is 13.1. The second-order valence-electron chi connectivity index (χ2n) is 3.37. The van der Waals surface area contributed by atoms with Gasteiger partial charge in [0.15, 0.2) is 17.3 Å². The Morgan fingerprint density at radius 1 is 1.22 bits per heavy atom. The maximum atomic E-state index is 5.96. The van der Waals surface area contributed by atoms with Crippen molar-refractivity contribution in [2.75, 3.05) is 14.2 Å². The molecule has 1 heterocycles. The van der Waals surface area contributed by atoms with Crippen LogP contribution in [0.3, 0.4) is 0 Å². The van der Waals surface area contributed by atoms with Crippen LogP contribution in [0.1, 0.15) is 0 Å². The van der Waals surface area contributed by atoms with Gasteiger partial charge in [0, 0.05) is 6.20 Å². The topological polar surface area (TPSA) is 44.2 Å². The third-order valence-corrected chi connectivity index (χ3v) is 3.44. The lowest BCUT2D eigenvalue weighted by atomic mass is 10.1.